The number of para-hydroxylation sites is 1. The molecule has 71 valence electrons. The van der Waals surface area contributed by atoms with Crippen LogP contribution in [0.15, 0.2) is 36.5 Å². The summed E-state index contributed by atoms with van der Waals surface area (Å²) in [6.07, 6.45) is 3.47. The third-order valence-corrected chi connectivity index (χ3v) is 2.52. The molecule has 3 aromatic rings. The number of H-pyrrole nitrogens is 1. The molecule has 0 saturated carbocycles. The fourth-order valence-electron chi connectivity index (χ4n) is 1.85. The van der Waals surface area contributed by atoms with Crippen LogP contribution in [0.5, 0.6) is 0 Å². The van der Waals surface area contributed by atoms with Crippen molar-refractivity contribution >= 4 is 28.1 Å². The minimum atomic E-state index is 0.337. The van der Waals surface area contributed by atoms with Crippen molar-refractivity contribution < 1.29 is 4.79 Å². The van der Waals surface area contributed by atoms with E-state index >= 15 is 0 Å². The third kappa shape index (κ3) is 1.06. The van der Waals surface area contributed by atoms with E-state index in [-0.39, 0.29) is 0 Å². The molecular formula is C12H7N2O. The van der Waals surface area contributed by atoms with Gasteiger partial charge in [-0.2, -0.15) is 0 Å². The molecule has 3 nitrogen and oxygen atoms in total. The van der Waals surface area contributed by atoms with E-state index in [9.17, 15) is 4.79 Å². The van der Waals surface area contributed by atoms with Gasteiger partial charge < -0.3 is 4.98 Å². The number of aromatic nitrogens is 2. The number of nitrogens with one attached hydrogen (secondary N) is 1. The van der Waals surface area contributed by atoms with Gasteiger partial charge in [-0.1, -0.05) is 18.2 Å². The van der Waals surface area contributed by atoms with Gasteiger partial charge in [0.25, 0.3) is 6.29 Å². The van der Waals surface area contributed by atoms with Crippen molar-refractivity contribution in [3.05, 3.63) is 42.2 Å². The summed E-state index contributed by atoms with van der Waals surface area (Å²) in [6.45, 7) is 0. The van der Waals surface area contributed by atoms with Crippen molar-refractivity contribution in [3.63, 3.8) is 0 Å². The summed E-state index contributed by atoms with van der Waals surface area (Å²) < 4.78 is 0. The molecular weight excluding hydrogens is 188 g/mol. The Kier molecular flexibility index (Phi) is 1.59. The van der Waals surface area contributed by atoms with E-state index < -0.39 is 0 Å². The molecule has 0 aliphatic rings. The van der Waals surface area contributed by atoms with Gasteiger partial charge in [0.05, 0.1) is 5.52 Å². The van der Waals surface area contributed by atoms with E-state index in [1.54, 1.807) is 6.20 Å². The molecule has 0 atom stereocenters. The number of fused-ring (bicyclic) bond motifs is 3. The lowest BCUT2D eigenvalue weighted by Crippen LogP contribution is -1.86. The lowest BCUT2D eigenvalue weighted by Gasteiger charge is -1.91. The number of hydrogen-bond acceptors (Lipinski definition) is 2. The topological polar surface area (TPSA) is 45.8 Å². The third-order valence-electron chi connectivity index (χ3n) is 2.52. The fraction of sp³-hybridized carbons (Fsp3) is 0. The first kappa shape index (κ1) is 8.17. The molecule has 0 bridgehead atoms. The van der Waals surface area contributed by atoms with Gasteiger partial charge in [-0.3, -0.25) is 9.78 Å². The fourth-order valence-corrected chi connectivity index (χ4v) is 1.85. The van der Waals surface area contributed by atoms with Gasteiger partial charge in [-0.05, 0) is 12.1 Å². The molecule has 0 saturated heterocycles. The van der Waals surface area contributed by atoms with Crippen molar-refractivity contribution in [2.24, 2.45) is 0 Å². The Morgan fingerprint density at radius 1 is 1.13 bits per heavy atom. The normalized spacial score (nSPS) is 10.9. The van der Waals surface area contributed by atoms with Gasteiger partial charge in [-0.15, -0.1) is 0 Å². The standard InChI is InChI=1S/C12H7N2O/c15-7-11-12-9(5-6-13-11)8-3-1-2-4-10(8)14-12/h1-6,14H. The molecule has 2 aromatic heterocycles. The first-order valence-electron chi connectivity index (χ1n) is 4.64. The van der Waals surface area contributed by atoms with Gasteiger partial charge in [0.1, 0.15) is 5.69 Å². The lowest BCUT2D eigenvalue weighted by atomic mass is 10.2. The van der Waals surface area contributed by atoms with Crippen LogP contribution in [-0.4, -0.2) is 16.3 Å². The minimum Gasteiger partial charge on any atom is -0.353 e. The Labute approximate surface area is 85.8 Å². The number of aromatic amines is 1. The van der Waals surface area contributed by atoms with Crippen LogP contribution in [0.25, 0.3) is 21.8 Å². The van der Waals surface area contributed by atoms with Gasteiger partial charge in [0.15, 0.2) is 0 Å². The second kappa shape index (κ2) is 2.92. The molecule has 0 aliphatic heterocycles. The first-order chi connectivity index (χ1) is 7.40. The van der Waals surface area contributed by atoms with E-state index in [2.05, 4.69) is 9.97 Å². The summed E-state index contributed by atoms with van der Waals surface area (Å²) in [5.74, 6) is 0. The number of hydrogen-bond donors (Lipinski definition) is 1. The van der Waals surface area contributed by atoms with E-state index in [0.717, 1.165) is 21.8 Å². The zero-order valence-electron chi connectivity index (χ0n) is 7.82. The highest BCUT2D eigenvalue weighted by atomic mass is 16.1. The van der Waals surface area contributed by atoms with Crippen LogP contribution >= 0.6 is 0 Å². The highest BCUT2D eigenvalue weighted by Crippen LogP contribution is 2.25. The maximum absolute atomic E-state index is 10.7. The average molecular weight is 195 g/mol. The Morgan fingerprint density at radius 2 is 2.00 bits per heavy atom. The van der Waals surface area contributed by atoms with Crippen molar-refractivity contribution in [1.82, 2.24) is 9.97 Å². The molecule has 0 spiro atoms. The highest BCUT2D eigenvalue weighted by Gasteiger charge is 2.07. The predicted octanol–water partition coefficient (Wildman–Crippen LogP) is 2.17. The Balaban J connectivity index is 2.59. The van der Waals surface area contributed by atoms with Crippen molar-refractivity contribution in [2.75, 3.05) is 0 Å². The number of benzene rings is 1. The highest BCUT2D eigenvalue weighted by molar-refractivity contribution is 6.10. The van der Waals surface area contributed by atoms with Crippen LogP contribution < -0.4 is 0 Å². The summed E-state index contributed by atoms with van der Waals surface area (Å²) >= 11 is 0. The molecule has 3 rings (SSSR count). The summed E-state index contributed by atoms with van der Waals surface area (Å²) in [7, 11) is 0. The molecule has 1 aromatic carbocycles. The number of rotatable bonds is 1. The smallest absolute Gasteiger partial charge is 0.255 e. The number of nitrogens with zero attached hydrogens (tertiary/aromatic N) is 1. The van der Waals surface area contributed by atoms with Crippen LogP contribution in [0.4, 0.5) is 0 Å². The molecule has 0 fully saturated rings. The largest absolute Gasteiger partial charge is 0.353 e. The summed E-state index contributed by atoms with van der Waals surface area (Å²) in [4.78, 5) is 17.8. The Morgan fingerprint density at radius 3 is 2.87 bits per heavy atom. The monoisotopic (exact) mass is 195 g/mol. The van der Waals surface area contributed by atoms with Gasteiger partial charge in [0, 0.05) is 22.5 Å². The zero-order chi connectivity index (χ0) is 10.3. The molecule has 1 radical (unpaired) electrons. The van der Waals surface area contributed by atoms with E-state index in [0.29, 0.717) is 5.69 Å². The van der Waals surface area contributed by atoms with Gasteiger partial charge >= 0.3 is 0 Å². The molecule has 0 aliphatic carbocycles. The quantitative estimate of drug-likeness (QED) is 0.646. The van der Waals surface area contributed by atoms with Gasteiger partial charge in [-0.25, -0.2) is 0 Å². The minimum absolute atomic E-state index is 0.337. The SMILES string of the molecule is O=[C]c1nccc2c1[nH]c1ccccc12. The summed E-state index contributed by atoms with van der Waals surface area (Å²) in [5, 5.41) is 2.12. The van der Waals surface area contributed by atoms with Crippen LogP contribution in [0.2, 0.25) is 0 Å². The van der Waals surface area contributed by atoms with Crippen LogP contribution in [-0.2, 0) is 4.79 Å². The van der Waals surface area contributed by atoms with Crippen LogP contribution in [0.3, 0.4) is 0 Å². The van der Waals surface area contributed by atoms with Crippen molar-refractivity contribution in [3.8, 4) is 0 Å². The Hall–Kier alpha value is -2.16. The maximum atomic E-state index is 10.7. The van der Waals surface area contributed by atoms with Crippen LogP contribution in [0, 0.1) is 0 Å². The summed E-state index contributed by atoms with van der Waals surface area (Å²) in [6, 6.07) is 9.82. The first-order valence-corrected chi connectivity index (χ1v) is 4.64. The lowest BCUT2D eigenvalue weighted by molar-refractivity contribution is 0.562. The average Bonchev–Trinajstić information content (AvgIpc) is 2.67. The number of carbonyl (C=O) groups excluding carboxylic acids is 1. The second-order valence-electron chi connectivity index (χ2n) is 3.35. The van der Waals surface area contributed by atoms with Crippen LogP contribution in [0.1, 0.15) is 5.69 Å². The second-order valence-corrected chi connectivity index (χ2v) is 3.35. The van der Waals surface area contributed by atoms with E-state index in [4.69, 9.17) is 0 Å². The molecule has 2 heterocycles. The zero-order valence-corrected chi connectivity index (χ0v) is 7.82. The molecule has 0 unspecified atom stereocenters. The van der Waals surface area contributed by atoms with E-state index in [1.165, 1.54) is 0 Å². The predicted molar refractivity (Wildman–Crippen MR) is 58.4 cm³/mol. The summed E-state index contributed by atoms with van der Waals surface area (Å²) in [5.41, 5.74) is 2.11. The molecule has 1 N–H and O–H groups in total. The van der Waals surface area contributed by atoms with E-state index in [1.807, 2.05) is 36.6 Å². The molecule has 3 heteroatoms. The maximum Gasteiger partial charge on any atom is 0.255 e. The van der Waals surface area contributed by atoms with Crippen molar-refractivity contribution in [2.45, 2.75) is 0 Å². The van der Waals surface area contributed by atoms with Crippen molar-refractivity contribution in [1.29, 1.82) is 0 Å². The Bertz CT molecular complexity index is 655. The van der Waals surface area contributed by atoms with Gasteiger partial charge in [0.2, 0.25) is 0 Å². The molecule has 15 heavy (non-hydrogen) atoms. The molecule has 0 amide bonds. The number of pyridine rings is 1.